The van der Waals surface area contributed by atoms with E-state index >= 15 is 0 Å². The first-order valence-corrected chi connectivity index (χ1v) is 3.94. The van der Waals surface area contributed by atoms with Gasteiger partial charge in [-0.2, -0.15) is 5.10 Å². The molecular weight excluding hydrogens is 174 g/mol. The Balaban J connectivity index is 0.00000121. The lowest BCUT2D eigenvalue weighted by Gasteiger charge is -1.97. The van der Waals surface area contributed by atoms with Gasteiger partial charge >= 0.3 is 0 Å². The largest absolute Gasteiger partial charge is 0.313 e. The van der Waals surface area contributed by atoms with Crippen LogP contribution in [0.4, 0.5) is 0 Å². The van der Waals surface area contributed by atoms with Crippen molar-refractivity contribution in [1.29, 1.82) is 0 Å². The number of hydrogen-bond acceptors (Lipinski definition) is 2. The summed E-state index contributed by atoms with van der Waals surface area (Å²) in [5.41, 5.74) is 2.41. The van der Waals surface area contributed by atoms with Crippen LogP contribution in [0.5, 0.6) is 0 Å². The average molecular weight is 190 g/mol. The van der Waals surface area contributed by atoms with Gasteiger partial charge in [0.15, 0.2) is 0 Å². The van der Waals surface area contributed by atoms with Gasteiger partial charge in [0.05, 0.1) is 5.69 Å². The predicted octanol–water partition coefficient (Wildman–Crippen LogP) is 1.26. The van der Waals surface area contributed by atoms with E-state index in [-0.39, 0.29) is 12.4 Å². The minimum absolute atomic E-state index is 0. The molecule has 0 radical (unpaired) electrons. The molecule has 0 atom stereocenters. The van der Waals surface area contributed by atoms with E-state index in [2.05, 4.69) is 23.5 Å². The van der Waals surface area contributed by atoms with Crippen LogP contribution in [0.25, 0.3) is 0 Å². The molecule has 4 heteroatoms. The molecule has 0 fully saturated rings. The Morgan fingerprint density at radius 1 is 1.58 bits per heavy atom. The lowest BCUT2D eigenvalue weighted by atomic mass is 10.3. The van der Waals surface area contributed by atoms with E-state index in [0.717, 1.165) is 18.8 Å². The van der Waals surface area contributed by atoms with Gasteiger partial charge in [-0.3, -0.25) is 4.68 Å². The second kappa shape index (κ2) is 5.17. The molecule has 0 unspecified atom stereocenters. The molecule has 0 spiro atoms. The van der Waals surface area contributed by atoms with E-state index < -0.39 is 0 Å². The number of aromatic nitrogens is 2. The van der Waals surface area contributed by atoms with Crippen molar-refractivity contribution in [2.45, 2.75) is 20.4 Å². The summed E-state index contributed by atoms with van der Waals surface area (Å²) in [5.74, 6) is 0. The third kappa shape index (κ3) is 2.83. The van der Waals surface area contributed by atoms with Crippen LogP contribution >= 0.6 is 12.4 Å². The number of nitrogens with zero attached hydrogens (tertiary/aromatic N) is 2. The SMILES string of the molecule is CCNCc1cn(C)nc1C.Cl. The minimum atomic E-state index is 0. The summed E-state index contributed by atoms with van der Waals surface area (Å²) in [6.45, 7) is 6.07. The summed E-state index contributed by atoms with van der Waals surface area (Å²) in [4.78, 5) is 0. The van der Waals surface area contributed by atoms with Crippen molar-refractivity contribution in [2.75, 3.05) is 6.54 Å². The maximum atomic E-state index is 4.24. The first-order valence-electron chi connectivity index (χ1n) is 3.94. The number of rotatable bonds is 3. The molecule has 0 amide bonds. The zero-order valence-corrected chi connectivity index (χ0v) is 8.61. The van der Waals surface area contributed by atoms with Crippen molar-refractivity contribution in [2.24, 2.45) is 7.05 Å². The zero-order chi connectivity index (χ0) is 8.27. The van der Waals surface area contributed by atoms with Gasteiger partial charge in [0.25, 0.3) is 0 Å². The van der Waals surface area contributed by atoms with Crippen molar-refractivity contribution in [3.8, 4) is 0 Å². The fourth-order valence-corrected chi connectivity index (χ4v) is 1.08. The number of halogens is 1. The molecule has 1 N–H and O–H groups in total. The minimum Gasteiger partial charge on any atom is -0.313 e. The topological polar surface area (TPSA) is 29.9 Å². The van der Waals surface area contributed by atoms with E-state index in [4.69, 9.17) is 0 Å². The lowest BCUT2D eigenvalue weighted by molar-refractivity contribution is 0.722. The molecule has 1 heterocycles. The fraction of sp³-hybridized carbons (Fsp3) is 0.625. The molecule has 0 aliphatic rings. The summed E-state index contributed by atoms with van der Waals surface area (Å²) in [6, 6.07) is 0. The fourth-order valence-electron chi connectivity index (χ4n) is 1.08. The van der Waals surface area contributed by atoms with E-state index in [9.17, 15) is 0 Å². The molecule has 70 valence electrons. The summed E-state index contributed by atoms with van der Waals surface area (Å²) in [5, 5.41) is 7.51. The lowest BCUT2D eigenvalue weighted by Crippen LogP contribution is -2.11. The van der Waals surface area contributed by atoms with E-state index in [1.165, 1.54) is 5.56 Å². The van der Waals surface area contributed by atoms with Gasteiger partial charge in [-0.25, -0.2) is 0 Å². The first kappa shape index (κ1) is 11.5. The second-order valence-electron chi connectivity index (χ2n) is 2.69. The van der Waals surface area contributed by atoms with Gasteiger partial charge in [0, 0.05) is 25.4 Å². The van der Waals surface area contributed by atoms with Crippen LogP contribution in [0.3, 0.4) is 0 Å². The highest BCUT2D eigenvalue weighted by Gasteiger charge is 2.00. The highest BCUT2D eigenvalue weighted by Crippen LogP contribution is 2.02. The Labute approximate surface area is 79.6 Å². The molecule has 0 bridgehead atoms. The molecule has 1 aromatic rings. The van der Waals surface area contributed by atoms with Crippen LogP contribution in [-0.2, 0) is 13.6 Å². The van der Waals surface area contributed by atoms with Gasteiger partial charge in [0.1, 0.15) is 0 Å². The van der Waals surface area contributed by atoms with Crippen molar-refractivity contribution in [3.05, 3.63) is 17.5 Å². The molecule has 1 aromatic heterocycles. The first-order chi connectivity index (χ1) is 5.24. The van der Waals surface area contributed by atoms with E-state index in [0.29, 0.717) is 0 Å². The number of aryl methyl sites for hydroxylation is 2. The van der Waals surface area contributed by atoms with Gasteiger partial charge in [-0.05, 0) is 13.5 Å². The number of hydrogen-bond donors (Lipinski definition) is 1. The van der Waals surface area contributed by atoms with Crippen molar-refractivity contribution in [3.63, 3.8) is 0 Å². The van der Waals surface area contributed by atoms with Crippen LogP contribution in [-0.4, -0.2) is 16.3 Å². The van der Waals surface area contributed by atoms with Crippen LogP contribution < -0.4 is 5.32 Å². The van der Waals surface area contributed by atoms with Crippen molar-refractivity contribution < 1.29 is 0 Å². The number of nitrogens with one attached hydrogen (secondary N) is 1. The van der Waals surface area contributed by atoms with Crippen LogP contribution in [0, 0.1) is 6.92 Å². The quantitative estimate of drug-likeness (QED) is 0.776. The Bertz CT molecular complexity index is 232. The van der Waals surface area contributed by atoms with E-state index in [1.54, 1.807) is 0 Å². The summed E-state index contributed by atoms with van der Waals surface area (Å²) >= 11 is 0. The molecule has 1 rings (SSSR count). The van der Waals surface area contributed by atoms with Crippen LogP contribution in [0.15, 0.2) is 6.20 Å². The zero-order valence-electron chi connectivity index (χ0n) is 7.79. The maximum absolute atomic E-state index is 4.24. The summed E-state index contributed by atoms with van der Waals surface area (Å²) in [7, 11) is 1.95. The normalized spacial score (nSPS) is 9.58. The third-order valence-electron chi connectivity index (χ3n) is 1.68. The Hall–Kier alpha value is -0.540. The molecule has 12 heavy (non-hydrogen) atoms. The Morgan fingerprint density at radius 3 is 2.67 bits per heavy atom. The monoisotopic (exact) mass is 189 g/mol. The van der Waals surface area contributed by atoms with Crippen LogP contribution in [0.2, 0.25) is 0 Å². The van der Waals surface area contributed by atoms with Crippen LogP contribution in [0.1, 0.15) is 18.2 Å². The molecule has 0 saturated carbocycles. The molecule has 0 aliphatic carbocycles. The Kier molecular flexibility index (Phi) is 4.93. The predicted molar refractivity (Wildman–Crippen MR) is 52.6 cm³/mol. The van der Waals surface area contributed by atoms with Gasteiger partial charge in [0.2, 0.25) is 0 Å². The highest BCUT2D eigenvalue weighted by atomic mass is 35.5. The average Bonchev–Trinajstić information content (AvgIpc) is 2.26. The smallest absolute Gasteiger partial charge is 0.0638 e. The van der Waals surface area contributed by atoms with E-state index in [1.807, 2.05) is 18.7 Å². The van der Waals surface area contributed by atoms with Gasteiger partial charge in [-0.1, -0.05) is 6.92 Å². The summed E-state index contributed by atoms with van der Waals surface area (Å²) in [6.07, 6.45) is 2.05. The molecular formula is C8H16ClN3. The van der Waals surface area contributed by atoms with Gasteiger partial charge < -0.3 is 5.32 Å². The molecule has 0 aromatic carbocycles. The third-order valence-corrected chi connectivity index (χ3v) is 1.68. The Morgan fingerprint density at radius 2 is 2.25 bits per heavy atom. The molecule has 3 nitrogen and oxygen atoms in total. The second-order valence-corrected chi connectivity index (χ2v) is 2.69. The summed E-state index contributed by atoms with van der Waals surface area (Å²) < 4.78 is 1.85. The molecule has 0 saturated heterocycles. The standard InChI is InChI=1S/C8H15N3.ClH/c1-4-9-5-8-6-11(3)10-7(8)2;/h6,9H,4-5H2,1-3H3;1H. The van der Waals surface area contributed by atoms with Gasteiger partial charge in [-0.15, -0.1) is 12.4 Å². The highest BCUT2D eigenvalue weighted by molar-refractivity contribution is 5.85. The van der Waals surface area contributed by atoms with Crippen molar-refractivity contribution >= 4 is 12.4 Å². The molecule has 0 aliphatic heterocycles. The van der Waals surface area contributed by atoms with Crippen molar-refractivity contribution in [1.82, 2.24) is 15.1 Å². The maximum Gasteiger partial charge on any atom is 0.0638 e.